The average Bonchev–Trinajstić information content (AvgIpc) is 2.29. The largest absolute Gasteiger partial charge is 0.500 e. The van der Waals surface area contributed by atoms with E-state index in [9.17, 15) is 0 Å². The van der Waals surface area contributed by atoms with Crippen LogP contribution in [0.4, 0.5) is 0 Å². The van der Waals surface area contributed by atoms with Crippen LogP contribution in [0.3, 0.4) is 0 Å². The lowest BCUT2D eigenvalue weighted by Gasteiger charge is -2.25. The zero-order valence-corrected chi connectivity index (χ0v) is 10.7. The number of hydrogen-bond acceptors (Lipinski definition) is 6. The highest BCUT2D eigenvalue weighted by molar-refractivity contribution is 6.60. The highest BCUT2D eigenvalue weighted by atomic mass is 28.4. The first-order valence-corrected chi connectivity index (χ1v) is 6.80. The first-order valence-electron chi connectivity index (χ1n) is 4.86. The van der Waals surface area contributed by atoms with Gasteiger partial charge in [-0.2, -0.15) is 0 Å². The monoisotopic (exact) mass is 238 g/mol. The van der Waals surface area contributed by atoms with E-state index in [1.165, 1.54) is 0 Å². The summed E-state index contributed by atoms with van der Waals surface area (Å²) in [5.41, 5.74) is 11.0. The fourth-order valence-electron chi connectivity index (χ4n) is 1.18. The zero-order chi connectivity index (χ0) is 11.7. The van der Waals surface area contributed by atoms with Crippen molar-refractivity contribution in [1.29, 1.82) is 0 Å². The van der Waals surface area contributed by atoms with Gasteiger partial charge in [0.15, 0.2) is 0 Å². The Morgan fingerprint density at radius 1 is 1.13 bits per heavy atom. The predicted molar refractivity (Wildman–Crippen MR) is 59.2 cm³/mol. The van der Waals surface area contributed by atoms with Crippen LogP contribution >= 0.6 is 0 Å². The Balaban J connectivity index is 3.88. The van der Waals surface area contributed by atoms with Crippen molar-refractivity contribution in [2.24, 2.45) is 11.5 Å². The van der Waals surface area contributed by atoms with E-state index in [-0.39, 0.29) is 6.23 Å². The van der Waals surface area contributed by atoms with E-state index in [0.717, 1.165) is 0 Å². The summed E-state index contributed by atoms with van der Waals surface area (Å²) in [6, 6.07) is 0.627. The minimum absolute atomic E-state index is 0.346. The number of rotatable bonds is 9. The molecule has 0 bridgehead atoms. The van der Waals surface area contributed by atoms with E-state index < -0.39 is 8.80 Å². The van der Waals surface area contributed by atoms with Gasteiger partial charge in [-0.25, -0.2) is 0 Å². The molecule has 0 aliphatic rings. The Bertz CT molecular complexity index is 149. The second-order valence-electron chi connectivity index (χ2n) is 3.03. The molecule has 7 heteroatoms. The van der Waals surface area contributed by atoms with Gasteiger partial charge in [0.1, 0.15) is 6.23 Å². The SMILES string of the molecule is CO[Si](CC[C@H](N)OCCN)(OC)OC. The van der Waals surface area contributed by atoms with Gasteiger partial charge in [-0.3, -0.25) is 0 Å². The third-order valence-electron chi connectivity index (χ3n) is 2.12. The van der Waals surface area contributed by atoms with Gasteiger partial charge in [0, 0.05) is 33.9 Å². The van der Waals surface area contributed by atoms with Crippen LogP contribution in [-0.4, -0.2) is 49.5 Å². The van der Waals surface area contributed by atoms with Crippen molar-refractivity contribution in [3.8, 4) is 0 Å². The average molecular weight is 238 g/mol. The van der Waals surface area contributed by atoms with E-state index >= 15 is 0 Å². The zero-order valence-electron chi connectivity index (χ0n) is 9.69. The maximum atomic E-state index is 5.71. The number of ether oxygens (including phenoxy) is 1. The summed E-state index contributed by atoms with van der Waals surface area (Å²) < 4.78 is 21.0. The third kappa shape index (κ3) is 5.57. The molecule has 0 aromatic heterocycles. The molecule has 0 aliphatic heterocycles. The Labute approximate surface area is 92.2 Å². The van der Waals surface area contributed by atoms with Crippen LogP contribution in [0.1, 0.15) is 6.42 Å². The summed E-state index contributed by atoms with van der Waals surface area (Å²) in [6.45, 7) is 0.928. The minimum atomic E-state index is -2.51. The highest BCUT2D eigenvalue weighted by Gasteiger charge is 2.37. The summed E-state index contributed by atoms with van der Waals surface area (Å²) in [7, 11) is 2.21. The standard InChI is InChI=1S/C8H22N2O4Si/c1-11-15(12-2,13-3)7-4-8(10)14-6-5-9/h8H,4-7,9-10H2,1-3H3/t8-/m1/s1. The van der Waals surface area contributed by atoms with Crippen molar-refractivity contribution < 1.29 is 18.0 Å². The summed E-state index contributed by atoms with van der Waals surface area (Å²) in [6.07, 6.45) is 0.280. The van der Waals surface area contributed by atoms with Crippen LogP contribution in [0.5, 0.6) is 0 Å². The molecule has 15 heavy (non-hydrogen) atoms. The molecule has 6 nitrogen and oxygen atoms in total. The molecule has 92 valence electrons. The van der Waals surface area contributed by atoms with E-state index in [1.54, 1.807) is 21.3 Å². The molecule has 0 rings (SSSR count). The van der Waals surface area contributed by atoms with Gasteiger partial charge >= 0.3 is 8.80 Å². The Morgan fingerprint density at radius 3 is 2.07 bits per heavy atom. The summed E-state index contributed by atoms with van der Waals surface area (Å²) in [5.74, 6) is 0. The topological polar surface area (TPSA) is 89.0 Å². The molecule has 0 amide bonds. The predicted octanol–water partition coefficient (Wildman–Crippen LogP) is -0.485. The van der Waals surface area contributed by atoms with E-state index in [1.807, 2.05) is 0 Å². The van der Waals surface area contributed by atoms with Gasteiger partial charge in [-0.1, -0.05) is 0 Å². The Hall–Kier alpha value is -0.0231. The molecule has 0 aliphatic carbocycles. The van der Waals surface area contributed by atoms with Gasteiger partial charge in [0.05, 0.1) is 6.61 Å². The van der Waals surface area contributed by atoms with Crippen molar-refractivity contribution in [3.05, 3.63) is 0 Å². The smallest absolute Gasteiger partial charge is 0.377 e. The van der Waals surface area contributed by atoms with Crippen LogP contribution in [0, 0.1) is 0 Å². The lowest BCUT2D eigenvalue weighted by atomic mass is 10.4. The molecule has 0 unspecified atom stereocenters. The molecule has 1 atom stereocenters. The first-order chi connectivity index (χ1) is 7.14. The Kier molecular flexibility index (Phi) is 8.15. The maximum Gasteiger partial charge on any atom is 0.500 e. The Morgan fingerprint density at radius 2 is 1.67 bits per heavy atom. The van der Waals surface area contributed by atoms with Crippen molar-refractivity contribution in [3.63, 3.8) is 0 Å². The van der Waals surface area contributed by atoms with Crippen molar-refractivity contribution >= 4 is 8.80 Å². The molecule has 0 aromatic rings. The van der Waals surface area contributed by atoms with Gasteiger partial charge in [0.25, 0.3) is 0 Å². The number of nitrogens with two attached hydrogens (primary N) is 2. The molecular formula is C8H22N2O4Si. The highest BCUT2D eigenvalue weighted by Crippen LogP contribution is 2.16. The summed E-state index contributed by atoms with van der Waals surface area (Å²) >= 11 is 0. The molecule has 0 saturated carbocycles. The summed E-state index contributed by atoms with van der Waals surface area (Å²) in [4.78, 5) is 0. The molecular weight excluding hydrogens is 216 g/mol. The van der Waals surface area contributed by atoms with E-state index in [2.05, 4.69) is 0 Å². The fourth-order valence-corrected chi connectivity index (χ4v) is 2.93. The van der Waals surface area contributed by atoms with Crippen molar-refractivity contribution in [2.75, 3.05) is 34.5 Å². The van der Waals surface area contributed by atoms with Crippen LogP contribution in [0.2, 0.25) is 6.04 Å². The second-order valence-corrected chi connectivity index (χ2v) is 6.12. The van der Waals surface area contributed by atoms with E-state index in [4.69, 9.17) is 29.5 Å². The van der Waals surface area contributed by atoms with Gasteiger partial charge in [-0.05, 0) is 6.42 Å². The fraction of sp³-hybridized carbons (Fsp3) is 1.00. The first kappa shape index (κ1) is 15.0. The molecule has 0 aromatic carbocycles. The van der Waals surface area contributed by atoms with Crippen LogP contribution < -0.4 is 11.5 Å². The third-order valence-corrected chi connectivity index (χ3v) is 4.88. The lowest BCUT2D eigenvalue weighted by molar-refractivity contribution is 0.0532. The maximum absolute atomic E-state index is 5.71. The van der Waals surface area contributed by atoms with Gasteiger partial charge < -0.3 is 29.5 Å². The van der Waals surface area contributed by atoms with E-state index in [0.29, 0.717) is 25.6 Å². The van der Waals surface area contributed by atoms with Crippen molar-refractivity contribution in [2.45, 2.75) is 18.7 Å². The molecule has 0 radical (unpaired) electrons. The quantitative estimate of drug-likeness (QED) is 0.416. The van der Waals surface area contributed by atoms with Gasteiger partial charge in [-0.15, -0.1) is 0 Å². The van der Waals surface area contributed by atoms with Gasteiger partial charge in [0.2, 0.25) is 0 Å². The normalized spacial score (nSPS) is 14.2. The molecule has 4 N–H and O–H groups in total. The van der Waals surface area contributed by atoms with Crippen LogP contribution in [0.15, 0.2) is 0 Å². The van der Waals surface area contributed by atoms with Crippen molar-refractivity contribution in [1.82, 2.24) is 0 Å². The molecule has 0 saturated heterocycles. The lowest BCUT2D eigenvalue weighted by Crippen LogP contribution is -2.44. The second kappa shape index (κ2) is 8.17. The number of hydrogen-bond donors (Lipinski definition) is 2. The minimum Gasteiger partial charge on any atom is -0.377 e. The van der Waals surface area contributed by atoms with Crippen LogP contribution in [-0.2, 0) is 18.0 Å². The molecule has 0 fully saturated rings. The summed E-state index contributed by atoms with van der Waals surface area (Å²) in [5, 5.41) is 0. The molecule has 0 spiro atoms. The van der Waals surface area contributed by atoms with Crippen LogP contribution in [0.25, 0.3) is 0 Å². The molecule has 0 heterocycles.